The molecular weight excluding hydrogens is 248 g/mol. The van der Waals surface area contributed by atoms with Gasteiger partial charge in [0.05, 0.1) is 19.1 Å². The summed E-state index contributed by atoms with van der Waals surface area (Å²) in [7, 11) is 0. The highest BCUT2D eigenvalue weighted by Gasteiger charge is 2.29. The number of rotatable bonds is 3. The van der Waals surface area contributed by atoms with Crippen LogP contribution in [0.4, 0.5) is 0 Å². The number of morpholine rings is 1. The van der Waals surface area contributed by atoms with Crippen LogP contribution >= 0.6 is 11.3 Å². The van der Waals surface area contributed by atoms with E-state index in [0.717, 1.165) is 5.56 Å². The third-order valence-corrected chi connectivity index (χ3v) is 4.17. The number of carbonyl (C=O) groups is 1. The average molecular weight is 268 g/mol. The topological polar surface area (TPSA) is 55.6 Å². The van der Waals surface area contributed by atoms with E-state index in [1.807, 2.05) is 24.1 Å². The van der Waals surface area contributed by atoms with E-state index in [1.165, 1.54) is 0 Å². The molecule has 4 nitrogen and oxygen atoms in total. The van der Waals surface area contributed by atoms with Crippen LogP contribution in [0.15, 0.2) is 16.8 Å². The molecule has 3 unspecified atom stereocenters. The summed E-state index contributed by atoms with van der Waals surface area (Å²) in [6, 6.07) is 1.94. The van der Waals surface area contributed by atoms with Gasteiger partial charge >= 0.3 is 0 Å². The normalized spacial score (nSPS) is 23.7. The van der Waals surface area contributed by atoms with E-state index >= 15 is 0 Å². The summed E-state index contributed by atoms with van der Waals surface area (Å²) in [4.78, 5) is 14.1. The Morgan fingerprint density at radius 1 is 1.61 bits per heavy atom. The molecule has 3 atom stereocenters. The van der Waals surface area contributed by atoms with Crippen molar-refractivity contribution in [2.45, 2.75) is 26.0 Å². The molecule has 2 heterocycles. The van der Waals surface area contributed by atoms with Gasteiger partial charge in [0.2, 0.25) is 5.91 Å². The first-order valence-electron chi connectivity index (χ1n) is 6.27. The molecule has 0 aromatic carbocycles. The summed E-state index contributed by atoms with van der Waals surface area (Å²) in [6.07, 6.45) is 0.00855. The molecule has 0 aliphatic carbocycles. The zero-order valence-electron chi connectivity index (χ0n) is 10.8. The van der Waals surface area contributed by atoms with Gasteiger partial charge in [-0.2, -0.15) is 11.3 Å². The lowest BCUT2D eigenvalue weighted by molar-refractivity contribution is -0.143. The minimum atomic E-state index is -0.133. The highest BCUT2D eigenvalue weighted by Crippen LogP contribution is 2.25. The number of ether oxygens (including phenoxy) is 1. The monoisotopic (exact) mass is 268 g/mol. The molecule has 0 saturated carbocycles. The van der Waals surface area contributed by atoms with Crippen LogP contribution in [-0.2, 0) is 9.53 Å². The first-order chi connectivity index (χ1) is 8.59. The zero-order valence-corrected chi connectivity index (χ0v) is 11.7. The van der Waals surface area contributed by atoms with Crippen molar-refractivity contribution in [1.82, 2.24) is 4.90 Å². The maximum Gasteiger partial charge on any atom is 0.227 e. The van der Waals surface area contributed by atoms with Gasteiger partial charge in [-0.15, -0.1) is 0 Å². The Bertz CT molecular complexity index is 392. The number of amides is 1. The SMILES string of the molecule is CC(N)C(C)C(=O)N1CCOC(c2ccsc2)C1. The van der Waals surface area contributed by atoms with Crippen LogP contribution in [0.3, 0.4) is 0 Å². The fourth-order valence-corrected chi connectivity index (χ4v) is 2.72. The Hall–Kier alpha value is -0.910. The molecular formula is C13H20N2O2S. The van der Waals surface area contributed by atoms with Gasteiger partial charge in [0, 0.05) is 12.6 Å². The standard InChI is InChI=1S/C13H20N2O2S/c1-9(10(2)14)13(16)15-4-5-17-12(7-15)11-3-6-18-8-11/h3,6,8-10,12H,4-5,7,14H2,1-2H3. The number of thiophene rings is 1. The molecule has 1 aromatic heterocycles. The summed E-state index contributed by atoms with van der Waals surface area (Å²) >= 11 is 1.65. The van der Waals surface area contributed by atoms with Gasteiger partial charge in [-0.3, -0.25) is 4.79 Å². The van der Waals surface area contributed by atoms with E-state index in [9.17, 15) is 4.79 Å². The highest BCUT2D eigenvalue weighted by molar-refractivity contribution is 7.07. The molecule has 2 rings (SSSR count). The van der Waals surface area contributed by atoms with Crippen LogP contribution < -0.4 is 5.73 Å². The molecule has 1 aromatic rings. The highest BCUT2D eigenvalue weighted by atomic mass is 32.1. The van der Waals surface area contributed by atoms with Crippen molar-refractivity contribution in [1.29, 1.82) is 0 Å². The Morgan fingerprint density at radius 2 is 2.39 bits per heavy atom. The maximum absolute atomic E-state index is 12.2. The second kappa shape index (κ2) is 5.82. The summed E-state index contributed by atoms with van der Waals surface area (Å²) in [6.45, 7) is 5.66. The molecule has 5 heteroatoms. The second-order valence-corrected chi connectivity index (χ2v) is 5.63. The van der Waals surface area contributed by atoms with E-state index in [0.29, 0.717) is 19.7 Å². The van der Waals surface area contributed by atoms with Crippen molar-refractivity contribution in [3.63, 3.8) is 0 Å². The predicted molar refractivity (Wildman–Crippen MR) is 72.4 cm³/mol. The van der Waals surface area contributed by atoms with E-state index < -0.39 is 0 Å². The van der Waals surface area contributed by atoms with E-state index in [4.69, 9.17) is 10.5 Å². The lowest BCUT2D eigenvalue weighted by Gasteiger charge is -2.35. The molecule has 1 saturated heterocycles. The Kier molecular flexibility index (Phi) is 4.37. The summed E-state index contributed by atoms with van der Waals surface area (Å²) in [5.74, 6) is -0.000227. The van der Waals surface area contributed by atoms with Gasteiger partial charge in [0.25, 0.3) is 0 Å². The van der Waals surface area contributed by atoms with Gasteiger partial charge in [0.15, 0.2) is 0 Å². The fraction of sp³-hybridized carbons (Fsp3) is 0.615. The van der Waals surface area contributed by atoms with Crippen LogP contribution in [0.5, 0.6) is 0 Å². The molecule has 0 radical (unpaired) electrons. The van der Waals surface area contributed by atoms with E-state index in [1.54, 1.807) is 11.3 Å². The van der Waals surface area contributed by atoms with E-state index in [2.05, 4.69) is 11.4 Å². The van der Waals surface area contributed by atoms with Crippen molar-refractivity contribution in [2.75, 3.05) is 19.7 Å². The van der Waals surface area contributed by atoms with Crippen molar-refractivity contribution in [3.05, 3.63) is 22.4 Å². The van der Waals surface area contributed by atoms with Gasteiger partial charge in [-0.05, 0) is 29.3 Å². The van der Waals surface area contributed by atoms with Crippen molar-refractivity contribution < 1.29 is 9.53 Å². The van der Waals surface area contributed by atoms with Crippen molar-refractivity contribution in [3.8, 4) is 0 Å². The van der Waals surface area contributed by atoms with E-state index in [-0.39, 0.29) is 24.0 Å². The largest absolute Gasteiger partial charge is 0.370 e. The number of hydrogen-bond donors (Lipinski definition) is 1. The van der Waals surface area contributed by atoms with Gasteiger partial charge in [-0.1, -0.05) is 6.92 Å². The minimum absolute atomic E-state index is 0.00855. The molecule has 100 valence electrons. The molecule has 0 bridgehead atoms. The first-order valence-corrected chi connectivity index (χ1v) is 7.22. The third kappa shape index (κ3) is 2.91. The quantitative estimate of drug-likeness (QED) is 0.906. The average Bonchev–Trinajstić information content (AvgIpc) is 2.91. The molecule has 1 fully saturated rings. The van der Waals surface area contributed by atoms with Crippen LogP contribution in [0.25, 0.3) is 0 Å². The van der Waals surface area contributed by atoms with Crippen molar-refractivity contribution >= 4 is 17.2 Å². The molecule has 1 aliphatic rings. The lowest BCUT2D eigenvalue weighted by atomic mass is 10.0. The predicted octanol–water partition coefficient (Wildman–Crippen LogP) is 1.63. The molecule has 1 amide bonds. The summed E-state index contributed by atoms with van der Waals surface area (Å²) in [5.41, 5.74) is 6.95. The van der Waals surface area contributed by atoms with Gasteiger partial charge in [0.1, 0.15) is 6.10 Å². The van der Waals surface area contributed by atoms with Crippen LogP contribution in [0.2, 0.25) is 0 Å². The number of carbonyl (C=O) groups excluding carboxylic acids is 1. The number of hydrogen-bond acceptors (Lipinski definition) is 4. The zero-order chi connectivity index (χ0) is 13.1. The Morgan fingerprint density at radius 3 is 3.00 bits per heavy atom. The summed E-state index contributed by atoms with van der Waals surface area (Å²) in [5, 5.41) is 4.11. The first kappa shape index (κ1) is 13.5. The molecule has 1 aliphatic heterocycles. The number of nitrogens with two attached hydrogens (primary N) is 1. The Balaban J connectivity index is 2.01. The molecule has 2 N–H and O–H groups in total. The maximum atomic E-state index is 12.2. The second-order valence-electron chi connectivity index (χ2n) is 4.85. The lowest BCUT2D eigenvalue weighted by Crippen LogP contribution is -2.47. The summed E-state index contributed by atoms with van der Waals surface area (Å²) < 4.78 is 5.72. The van der Waals surface area contributed by atoms with Gasteiger partial charge in [-0.25, -0.2) is 0 Å². The Labute approximate surface area is 112 Å². The fourth-order valence-electron chi connectivity index (χ4n) is 2.02. The van der Waals surface area contributed by atoms with Crippen LogP contribution in [0, 0.1) is 5.92 Å². The molecule has 0 spiro atoms. The minimum Gasteiger partial charge on any atom is -0.370 e. The number of nitrogens with zero attached hydrogens (tertiary/aromatic N) is 1. The third-order valence-electron chi connectivity index (χ3n) is 3.47. The van der Waals surface area contributed by atoms with Crippen molar-refractivity contribution in [2.24, 2.45) is 11.7 Å². The van der Waals surface area contributed by atoms with Gasteiger partial charge < -0.3 is 15.4 Å². The molecule has 18 heavy (non-hydrogen) atoms. The van der Waals surface area contributed by atoms with Crippen LogP contribution in [0.1, 0.15) is 25.5 Å². The van der Waals surface area contributed by atoms with Crippen LogP contribution in [-0.4, -0.2) is 36.5 Å². The smallest absolute Gasteiger partial charge is 0.227 e.